The van der Waals surface area contributed by atoms with E-state index in [2.05, 4.69) is 10.6 Å². The van der Waals surface area contributed by atoms with Crippen LogP contribution in [0.2, 0.25) is 0 Å². The molecule has 2 fully saturated rings. The lowest BCUT2D eigenvalue weighted by atomic mass is 10.0. The van der Waals surface area contributed by atoms with Gasteiger partial charge in [0.15, 0.2) is 0 Å². The van der Waals surface area contributed by atoms with Crippen molar-refractivity contribution in [2.45, 2.75) is 50.2 Å². The van der Waals surface area contributed by atoms with Crippen molar-refractivity contribution in [1.82, 2.24) is 20.7 Å². The largest absolute Gasteiger partial charge is 0.481 e. The highest BCUT2D eigenvalue weighted by molar-refractivity contribution is 5.99. The summed E-state index contributed by atoms with van der Waals surface area (Å²) in [7, 11) is 0. The second-order valence-electron chi connectivity index (χ2n) is 7.83. The summed E-state index contributed by atoms with van der Waals surface area (Å²) >= 11 is 0. The van der Waals surface area contributed by atoms with E-state index in [1.807, 2.05) is 0 Å². The predicted molar refractivity (Wildman–Crippen MR) is 112 cm³/mol. The van der Waals surface area contributed by atoms with Crippen LogP contribution < -0.4 is 16.4 Å². The van der Waals surface area contributed by atoms with Crippen LogP contribution in [0.1, 0.15) is 42.5 Å². The van der Waals surface area contributed by atoms with Gasteiger partial charge in [-0.3, -0.25) is 29.0 Å². The van der Waals surface area contributed by atoms with Gasteiger partial charge in [-0.2, -0.15) is 0 Å². The number of rotatable bonds is 7. The zero-order valence-electron chi connectivity index (χ0n) is 17.5. The van der Waals surface area contributed by atoms with Gasteiger partial charge in [0.2, 0.25) is 11.8 Å². The number of carboxylic acid groups (broad SMARTS) is 1. The molecule has 11 nitrogen and oxygen atoms in total. The lowest BCUT2D eigenvalue weighted by molar-refractivity contribution is -0.176. The van der Waals surface area contributed by atoms with Gasteiger partial charge < -0.3 is 21.5 Å². The van der Waals surface area contributed by atoms with Crippen molar-refractivity contribution >= 4 is 29.6 Å². The summed E-state index contributed by atoms with van der Waals surface area (Å²) in [5.41, 5.74) is 5.94. The van der Waals surface area contributed by atoms with Crippen LogP contribution in [0.5, 0.6) is 0 Å². The van der Waals surface area contributed by atoms with E-state index in [0.717, 1.165) is 5.01 Å². The molecule has 0 radical (unpaired) electrons. The average molecular weight is 445 g/mol. The van der Waals surface area contributed by atoms with E-state index in [9.17, 15) is 24.0 Å². The number of hydrogen-bond donors (Lipinski definition) is 4. The summed E-state index contributed by atoms with van der Waals surface area (Å²) in [6, 6.07) is 5.60. The minimum atomic E-state index is -1.12. The van der Waals surface area contributed by atoms with Crippen molar-refractivity contribution in [3.63, 3.8) is 0 Å². The fraction of sp³-hybridized carbons (Fsp3) is 0.476. The molecule has 2 aliphatic rings. The van der Waals surface area contributed by atoms with E-state index in [1.54, 1.807) is 30.3 Å². The van der Waals surface area contributed by atoms with Crippen LogP contribution in [0.25, 0.3) is 0 Å². The van der Waals surface area contributed by atoms with E-state index >= 15 is 0 Å². The molecule has 1 aromatic rings. The van der Waals surface area contributed by atoms with Crippen molar-refractivity contribution in [2.24, 2.45) is 5.73 Å². The first-order valence-electron chi connectivity index (χ1n) is 10.5. The molecule has 5 N–H and O–H groups in total. The zero-order chi connectivity index (χ0) is 23.3. The summed E-state index contributed by atoms with van der Waals surface area (Å²) < 4.78 is 0. The molecule has 0 bridgehead atoms. The monoisotopic (exact) mass is 445 g/mol. The molecule has 2 saturated heterocycles. The van der Waals surface area contributed by atoms with Crippen molar-refractivity contribution in [3.8, 4) is 0 Å². The molecule has 2 aliphatic heterocycles. The van der Waals surface area contributed by atoms with Crippen LogP contribution in [0, 0.1) is 0 Å². The van der Waals surface area contributed by atoms with Crippen LogP contribution in [-0.2, 0) is 19.2 Å². The smallest absolute Gasteiger partial charge is 0.305 e. The Morgan fingerprint density at radius 1 is 1.16 bits per heavy atom. The Hall–Kier alpha value is -3.47. The Morgan fingerprint density at radius 2 is 1.88 bits per heavy atom. The molecule has 1 aromatic carbocycles. The van der Waals surface area contributed by atoms with Crippen molar-refractivity contribution in [2.75, 3.05) is 13.1 Å². The summed E-state index contributed by atoms with van der Waals surface area (Å²) in [5, 5.41) is 16.6. The fourth-order valence-electron chi connectivity index (χ4n) is 3.94. The predicted octanol–water partition coefficient (Wildman–Crippen LogP) is -0.768. The molecule has 11 heteroatoms. The number of hydrazine groups is 1. The van der Waals surface area contributed by atoms with Gasteiger partial charge in [0.1, 0.15) is 12.1 Å². The summed E-state index contributed by atoms with van der Waals surface area (Å²) in [4.78, 5) is 62.6. The molecule has 3 rings (SSSR count). The normalized spacial score (nSPS) is 21.9. The van der Waals surface area contributed by atoms with Crippen LogP contribution >= 0.6 is 0 Å². The van der Waals surface area contributed by atoms with Gasteiger partial charge in [-0.1, -0.05) is 18.2 Å². The highest BCUT2D eigenvalue weighted by atomic mass is 16.4. The molecule has 172 valence electrons. The molecule has 0 spiro atoms. The Kier molecular flexibility index (Phi) is 7.41. The highest BCUT2D eigenvalue weighted by Gasteiger charge is 2.44. The van der Waals surface area contributed by atoms with E-state index in [1.165, 1.54) is 5.01 Å². The van der Waals surface area contributed by atoms with Gasteiger partial charge in [-0.15, -0.1) is 0 Å². The highest BCUT2D eigenvalue weighted by Crippen LogP contribution is 2.25. The van der Waals surface area contributed by atoms with Gasteiger partial charge >= 0.3 is 5.97 Å². The third-order valence-corrected chi connectivity index (χ3v) is 5.56. The second kappa shape index (κ2) is 10.2. The summed E-state index contributed by atoms with van der Waals surface area (Å²) in [6.45, 7) is 0.195. The number of nitrogens with two attached hydrogens (primary N) is 1. The van der Waals surface area contributed by atoms with Crippen molar-refractivity contribution < 1.29 is 29.1 Å². The Labute approximate surface area is 184 Å². The Morgan fingerprint density at radius 3 is 2.53 bits per heavy atom. The van der Waals surface area contributed by atoms with Crippen molar-refractivity contribution in [1.29, 1.82) is 0 Å². The van der Waals surface area contributed by atoms with E-state index < -0.39 is 41.8 Å². The Balaban J connectivity index is 1.80. The molecule has 32 heavy (non-hydrogen) atoms. The molecule has 0 aliphatic carbocycles. The molecule has 0 aromatic heterocycles. The van der Waals surface area contributed by atoms with E-state index in [0.29, 0.717) is 18.4 Å². The molecule has 2 heterocycles. The first kappa shape index (κ1) is 23.2. The number of amides is 4. The number of fused-ring (bicyclic) bond motifs is 1. The molecule has 0 saturated carbocycles. The lowest BCUT2D eigenvalue weighted by Gasteiger charge is -2.43. The van der Waals surface area contributed by atoms with E-state index in [-0.39, 0.29) is 38.3 Å². The minimum absolute atomic E-state index is 0.0424. The molecular weight excluding hydrogens is 418 g/mol. The Bertz CT molecular complexity index is 892. The van der Waals surface area contributed by atoms with Crippen molar-refractivity contribution in [3.05, 3.63) is 35.9 Å². The van der Waals surface area contributed by atoms with Crippen LogP contribution in [0.4, 0.5) is 0 Å². The molecular formula is C21H27N5O6. The quantitative estimate of drug-likeness (QED) is 0.428. The number of aliphatic carboxylic acids is 1. The number of carboxylic acids is 1. The molecule has 3 atom stereocenters. The topological polar surface area (TPSA) is 162 Å². The van der Waals surface area contributed by atoms with Gasteiger partial charge in [0, 0.05) is 25.1 Å². The number of carbonyl (C=O) groups excluding carboxylic acids is 4. The number of benzene rings is 1. The average Bonchev–Trinajstić information content (AvgIpc) is 2.90. The molecule has 0 unspecified atom stereocenters. The molecule has 4 amide bonds. The maximum atomic E-state index is 13.4. The van der Waals surface area contributed by atoms with Gasteiger partial charge in [-0.05, 0) is 31.4 Å². The fourth-order valence-corrected chi connectivity index (χ4v) is 3.94. The number of carbonyl (C=O) groups is 5. The standard InChI is InChI=1S/C21H27N5O6/c22-12-14(11-18(28)29)23-20(31)16-7-4-10-25-17(27)9-8-15(21(32)26(16)25)24-19(30)13-5-2-1-3-6-13/h1-3,5-6,14-16H,4,7-12,22H2,(H,23,31)(H,24,30)(H,28,29)/t14-,15-,16-/m0/s1. The first-order valence-corrected chi connectivity index (χ1v) is 10.5. The van der Waals surface area contributed by atoms with Crippen LogP contribution in [0.3, 0.4) is 0 Å². The first-order chi connectivity index (χ1) is 15.3. The number of nitrogens with zero attached hydrogens (tertiary/aromatic N) is 2. The maximum absolute atomic E-state index is 13.4. The number of hydrogen-bond acceptors (Lipinski definition) is 6. The SMILES string of the molecule is NC[C@H](CC(=O)O)NC(=O)[C@@H]1CCCN2C(=O)CC[C@H](NC(=O)c3ccccc3)C(=O)N12. The minimum Gasteiger partial charge on any atom is -0.481 e. The zero-order valence-corrected chi connectivity index (χ0v) is 17.5. The summed E-state index contributed by atoms with van der Waals surface area (Å²) in [6.07, 6.45) is 0.593. The summed E-state index contributed by atoms with van der Waals surface area (Å²) in [5.74, 6) is -3.01. The third-order valence-electron chi connectivity index (χ3n) is 5.56. The van der Waals surface area contributed by atoms with Crippen LogP contribution in [-0.4, -0.2) is 75.9 Å². The third kappa shape index (κ3) is 5.22. The van der Waals surface area contributed by atoms with E-state index in [4.69, 9.17) is 10.8 Å². The van der Waals surface area contributed by atoms with Gasteiger partial charge in [0.05, 0.1) is 12.5 Å². The number of nitrogens with one attached hydrogen (secondary N) is 2. The van der Waals surface area contributed by atoms with Gasteiger partial charge in [0.25, 0.3) is 11.8 Å². The van der Waals surface area contributed by atoms with Crippen LogP contribution in [0.15, 0.2) is 30.3 Å². The van der Waals surface area contributed by atoms with Gasteiger partial charge in [-0.25, -0.2) is 5.01 Å². The maximum Gasteiger partial charge on any atom is 0.305 e. The second-order valence-corrected chi connectivity index (χ2v) is 7.83. The lowest BCUT2D eigenvalue weighted by Crippen LogP contribution is -2.64.